The number of thioether (sulfide) groups is 1. The van der Waals surface area contributed by atoms with Crippen molar-refractivity contribution in [3.05, 3.63) is 0 Å². The topological polar surface area (TPSA) is 37.3 Å². The van der Waals surface area contributed by atoms with Gasteiger partial charge in [-0.3, -0.25) is 4.79 Å². The monoisotopic (exact) mass is 258 g/mol. The molecule has 1 aliphatic rings. The van der Waals surface area contributed by atoms with Crippen LogP contribution in [0.4, 0.5) is 0 Å². The van der Waals surface area contributed by atoms with Crippen molar-refractivity contribution in [2.24, 2.45) is 16.7 Å². The highest BCUT2D eigenvalue weighted by atomic mass is 32.2. The SMILES string of the molecule is CSCCC1(C(=O)O)CCC(C(C)(C)C)CC1. The highest BCUT2D eigenvalue weighted by Gasteiger charge is 2.43. The Morgan fingerprint density at radius 3 is 2.24 bits per heavy atom. The third-order valence-corrected chi connectivity index (χ3v) is 5.02. The molecule has 0 amide bonds. The molecular formula is C14H26O2S. The van der Waals surface area contributed by atoms with Gasteiger partial charge in [-0.2, -0.15) is 11.8 Å². The van der Waals surface area contributed by atoms with E-state index in [1.165, 1.54) is 0 Å². The van der Waals surface area contributed by atoms with Gasteiger partial charge in [0.25, 0.3) is 0 Å². The van der Waals surface area contributed by atoms with Crippen molar-refractivity contribution in [2.75, 3.05) is 12.0 Å². The minimum Gasteiger partial charge on any atom is -0.481 e. The third-order valence-electron chi connectivity index (χ3n) is 4.41. The summed E-state index contributed by atoms with van der Waals surface area (Å²) in [5.41, 5.74) is -0.102. The predicted octanol–water partition coefficient (Wildman–Crippen LogP) is 4.05. The van der Waals surface area contributed by atoms with E-state index in [1.807, 2.05) is 0 Å². The molecule has 1 rings (SSSR count). The molecule has 0 aromatic rings. The molecule has 0 saturated heterocycles. The fourth-order valence-electron chi connectivity index (χ4n) is 2.90. The highest BCUT2D eigenvalue weighted by Crippen LogP contribution is 2.47. The van der Waals surface area contributed by atoms with Gasteiger partial charge in [0.15, 0.2) is 0 Å². The molecule has 1 saturated carbocycles. The number of hydrogen-bond acceptors (Lipinski definition) is 2. The van der Waals surface area contributed by atoms with Gasteiger partial charge in [-0.15, -0.1) is 0 Å². The molecule has 0 aromatic heterocycles. The maximum atomic E-state index is 11.5. The Balaban J connectivity index is 2.64. The maximum Gasteiger partial charge on any atom is 0.309 e. The number of carbonyl (C=O) groups is 1. The van der Waals surface area contributed by atoms with E-state index in [0.717, 1.165) is 37.9 Å². The second-order valence-electron chi connectivity index (χ2n) is 6.47. The van der Waals surface area contributed by atoms with E-state index in [-0.39, 0.29) is 0 Å². The molecule has 100 valence electrons. The number of aliphatic carboxylic acids is 1. The van der Waals surface area contributed by atoms with E-state index in [1.54, 1.807) is 11.8 Å². The van der Waals surface area contributed by atoms with Gasteiger partial charge in [-0.05, 0) is 55.4 Å². The Morgan fingerprint density at radius 1 is 1.35 bits per heavy atom. The zero-order valence-electron chi connectivity index (χ0n) is 11.6. The minimum absolute atomic E-state index is 0.324. The van der Waals surface area contributed by atoms with Crippen molar-refractivity contribution in [2.45, 2.75) is 52.9 Å². The lowest BCUT2D eigenvalue weighted by molar-refractivity contribution is -0.152. The zero-order chi connectivity index (χ0) is 13.1. The Kier molecular flexibility index (Phi) is 4.94. The summed E-state index contributed by atoms with van der Waals surface area (Å²) in [4.78, 5) is 11.5. The van der Waals surface area contributed by atoms with E-state index < -0.39 is 11.4 Å². The lowest BCUT2D eigenvalue weighted by Gasteiger charge is -2.41. The summed E-state index contributed by atoms with van der Waals surface area (Å²) >= 11 is 1.75. The van der Waals surface area contributed by atoms with Gasteiger partial charge >= 0.3 is 5.97 Å². The number of carboxylic acids is 1. The van der Waals surface area contributed by atoms with Crippen LogP contribution < -0.4 is 0 Å². The Labute approximate surface area is 110 Å². The summed E-state index contributed by atoms with van der Waals surface area (Å²) < 4.78 is 0. The normalized spacial score (nSPS) is 30.2. The molecule has 0 spiro atoms. The average Bonchev–Trinajstić information content (AvgIpc) is 2.25. The Bertz CT molecular complexity index is 260. The van der Waals surface area contributed by atoms with Gasteiger partial charge in [0.2, 0.25) is 0 Å². The van der Waals surface area contributed by atoms with Crippen LogP contribution in [0.1, 0.15) is 52.9 Å². The van der Waals surface area contributed by atoms with Crippen LogP contribution in [0, 0.1) is 16.7 Å². The molecule has 0 aromatic carbocycles. The summed E-state index contributed by atoms with van der Waals surface area (Å²) in [5, 5.41) is 9.50. The van der Waals surface area contributed by atoms with Crippen LogP contribution in [0.3, 0.4) is 0 Å². The molecule has 1 aliphatic carbocycles. The second kappa shape index (κ2) is 5.64. The summed E-state index contributed by atoms with van der Waals surface area (Å²) in [6, 6.07) is 0. The van der Waals surface area contributed by atoms with Crippen molar-refractivity contribution in [3.8, 4) is 0 Å². The fourth-order valence-corrected chi connectivity index (χ4v) is 3.50. The molecule has 0 radical (unpaired) electrons. The Morgan fingerprint density at radius 2 is 1.88 bits per heavy atom. The minimum atomic E-state index is -0.570. The molecule has 0 atom stereocenters. The first kappa shape index (κ1) is 14.9. The Hall–Kier alpha value is -0.180. The molecule has 0 bridgehead atoms. The average molecular weight is 258 g/mol. The molecule has 17 heavy (non-hydrogen) atoms. The van der Waals surface area contributed by atoms with Gasteiger partial charge in [0.1, 0.15) is 0 Å². The van der Waals surface area contributed by atoms with Crippen LogP contribution in [0.25, 0.3) is 0 Å². The van der Waals surface area contributed by atoms with Gasteiger partial charge in [-0.25, -0.2) is 0 Å². The van der Waals surface area contributed by atoms with E-state index in [2.05, 4.69) is 27.0 Å². The van der Waals surface area contributed by atoms with E-state index in [4.69, 9.17) is 0 Å². The highest BCUT2D eigenvalue weighted by molar-refractivity contribution is 7.98. The standard InChI is InChI=1S/C14H26O2S/c1-13(2,3)11-5-7-14(8-6-11,12(15)16)9-10-17-4/h11H,5-10H2,1-4H3,(H,15,16). The maximum absolute atomic E-state index is 11.5. The molecule has 2 nitrogen and oxygen atoms in total. The van der Waals surface area contributed by atoms with Crippen LogP contribution in [-0.2, 0) is 4.79 Å². The molecule has 0 aliphatic heterocycles. The summed E-state index contributed by atoms with van der Waals surface area (Å²) in [7, 11) is 0. The smallest absolute Gasteiger partial charge is 0.309 e. The molecule has 0 heterocycles. The quantitative estimate of drug-likeness (QED) is 0.826. The van der Waals surface area contributed by atoms with Gasteiger partial charge < -0.3 is 5.11 Å². The molecule has 0 unspecified atom stereocenters. The number of carboxylic acid groups (broad SMARTS) is 1. The van der Waals surface area contributed by atoms with Crippen molar-refractivity contribution < 1.29 is 9.90 Å². The van der Waals surface area contributed by atoms with Crippen LogP contribution in [0.15, 0.2) is 0 Å². The molecule has 1 N–H and O–H groups in total. The lowest BCUT2D eigenvalue weighted by Crippen LogP contribution is -2.38. The van der Waals surface area contributed by atoms with E-state index in [0.29, 0.717) is 11.3 Å². The lowest BCUT2D eigenvalue weighted by atomic mass is 9.63. The number of rotatable bonds is 4. The molecular weight excluding hydrogens is 232 g/mol. The molecule has 3 heteroatoms. The van der Waals surface area contributed by atoms with Crippen molar-refractivity contribution in [1.82, 2.24) is 0 Å². The second-order valence-corrected chi connectivity index (χ2v) is 7.45. The van der Waals surface area contributed by atoms with E-state index in [9.17, 15) is 9.90 Å². The summed E-state index contributed by atoms with van der Waals surface area (Å²) in [6.45, 7) is 6.81. The van der Waals surface area contributed by atoms with Crippen molar-refractivity contribution in [3.63, 3.8) is 0 Å². The first-order valence-electron chi connectivity index (χ1n) is 6.54. The van der Waals surface area contributed by atoms with Crippen LogP contribution in [-0.4, -0.2) is 23.1 Å². The fraction of sp³-hybridized carbons (Fsp3) is 0.929. The number of hydrogen-bond donors (Lipinski definition) is 1. The first-order valence-corrected chi connectivity index (χ1v) is 7.93. The molecule has 1 fully saturated rings. The van der Waals surface area contributed by atoms with E-state index >= 15 is 0 Å². The van der Waals surface area contributed by atoms with Crippen LogP contribution >= 0.6 is 11.8 Å². The van der Waals surface area contributed by atoms with Crippen LogP contribution in [0.2, 0.25) is 0 Å². The predicted molar refractivity (Wildman–Crippen MR) is 74.5 cm³/mol. The first-order chi connectivity index (χ1) is 7.82. The van der Waals surface area contributed by atoms with Gasteiger partial charge in [-0.1, -0.05) is 20.8 Å². The zero-order valence-corrected chi connectivity index (χ0v) is 12.4. The van der Waals surface area contributed by atoms with Gasteiger partial charge in [0.05, 0.1) is 5.41 Å². The van der Waals surface area contributed by atoms with Crippen molar-refractivity contribution >= 4 is 17.7 Å². The van der Waals surface area contributed by atoms with Gasteiger partial charge in [0, 0.05) is 0 Å². The summed E-state index contributed by atoms with van der Waals surface area (Å²) in [6.07, 6.45) is 6.76. The third kappa shape index (κ3) is 3.64. The van der Waals surface area contributed by atoms with Crippen LogP contribution in [0.5, 0.6) is 0 Å². The van der Waals surface area contributed by atoms with Crippen molar-refractivity contribution in [1.29, 1.82) is 0 Å². The largest absolute Gasteiger partial charge is 0.481 e. The summed E-state index contributed by atoms with van der Waals surface area (Å²) in [5.74, 6) is 1.08.